The van der Waals surface area contributed by atoms with E-state index in [1.165, 1.54) is 6.92 Å². The minimum atomic E-state index is -0.0627. The Bertz CT molecular complexity index is 1050. The standard InChI is InChI=1S/C22H24N6O3/c1-16(29)18-3-5-19(6-4-18)31-15-22(30)27-13-11-26(12-14-27)20-7-8-21(25-24-20)28-10-9-23-17(28)2/h3-10H,11-15H2,1-2H3. The number of rotatable bonds is 6. The van der Waals surface area contributed by atoms with Gasteiger partial charge >= 0.3 is 0 Å². The van der Waals surface area contributed by atoms with Crippen molar-refractivity contribution >= 4 is 17.5 Å². The molecule has 0 saturated carbocycles. The smallest absolute Gasteiger partial charge is 0.260 e. The number of piperazine rings is 1. The van der Waals surface area contributed by atoms with Gasteiger partial charge in [0, 0.05) is 44.1 Å². The van der Waals surface area contributed by atoms with Crippen LogP contribution in [0.25, 0.3) is 5.82 Å². The maximum atomic E-state index is 12.5. The molecule has 2 aromatic heterocycles. The zero-order valence-electron chi connectivity index (χ0n) is 17.6. The number of Topliss-reactive ketones (excluding diaryl/α,β-unsaturated/α-hetero) is 1. The summed E-state index contributed by atoms with van der Waals surface area (Å²) < 4.78 is 7.46. The molecular formula is C22H24N6O3. The molecule has 3 heterocycles. The zero-order valence-corrected chi connectivity index (χ0v) is 17.6. The van der Waals surface area contributed by atoms with E-state index in [2.05, 4.69) is 20.1 Å². The van der Waals surface area contributed by atoms with Crippen molar-refractivity contribution in [2.75, 3.05) is 37.7 Å². The van der Waals surface area contributed by atoms with Gasteiger partial charge in [-0.05, 0) is 50.2 Å². The molecule has 3 aromatic rings. The van der Waals surface area contributed by atoms with Gasteiger partial charge in [0.25, 0.3) is 5.91 Å². The Kier molecular flexibility index (Phi) is 5.92. The van der Waals surface area contributed by atoms with Gasteiger partial charge in [-0.15, -0.1) is 10.2 Å². The number of ketones is 1. The molecule has 0 bridgehead atoms. The van der Waals surface area contributed by atoms with E-state index in [4.69, 9.17) is 4.74 Å². The summed E-state index contributed by atoms with van der Waals surface area (Å²) in [5.74, 6) is 2.87. The molecule has 1 aliphatic heterocycles. The number of amides is 1. The number of hydrogen-bond donors (Lipinski definition) is 0. The molecule has 1 aromatic carbocycles. The second-order valence-electron chi connectivity index (χ2n) is 7.33. The summed E-state index contributed by atoms with van der Waals surface area (Å²) in [6.45, 7) is 5.94. The number of aryl methyl sites for hydroxylation is 1. The summed E-state index contributed by atoms with van der Waals surface area (Å²) in [7, 11) is 0. The fourth-order valence-electron chi connectivity index (χ4n) is 3.44. The molecular weight excluding hydrogens is 396 g/mol. The third-order valence-corrected chi connectivity index (χ3v) is 5.29. The Labute approximate surface area is 180 Å². The third-order valence-electron chi connectivity index (χ3n) is 5.29. The lowest BCUT2D eigenvalue weighted by atomic mass is 10.1. The molecule has 0 N–H and O–H groups in total. The zero-order chi connectivity index (χ0) is 21.8. The van der Waals surface area contributed by atoms with Crippen LogP contribution in [0.4, 0.5) is 5.82 Å². The van der Waals surface area contributed by atoms with Gasteiger partial charge in [0.05, 0.1) is 0 Å². The summed E-state index contributed by atoms with van der Waals surface area (Å²) >= 11 is 0. The second-order valence-corrected chi connectivity index (χ2v) is 7.33. The summed E-state index contributed by atoms with van der Waals surface area (Å²) in [5, 5.41) is 8.64. The van der Waals surface area contributed by atoms with Crippen LogP contribution in [0.3, 0.4) is 0 Å². The first-order chi connectivity index (χ1) is 15.0. The molecule has 1 saturated heterocycles. The average molecular weight is 420 g/mol. The van der Waals surface area contributed by atoms with Crippen LogP contribution in [0.15, 0.2) is 48.8 Å². The highest BCUT2D eigenvalue weighted by Crippen LogP contribution is 2.16. The van der Waals surface area contributed by atoms with E-state index < -0.39 is 0 Å². The number of ether oxygens (including phenoxy) is 1. The SMILES string of the molecule is CC(=O)c1ccc(OCC(=O)N2CCN(c3ccc(-n4ccnc4C)nn3)CC2)cc1. The molecule has 0 unspecified atom stereocenters. The van der Waals surface area contributed by atoms with Crippen molar-refractivity contribution in [3.05, 3.63) is 60.2 Å². The molecule has 0 spiro atoms. The van der Waals surface area contributed by atoms with Crippen molar-refractivity contribution in [1.29, 1.82) is 0 Å². The van der Waals surface area contributed by atoms with Crippen LogP contribution < -0.4 is 9.64 Å². The maximum Gasteiger partial charge on any atom is 0.260 e. The molecule has 160 valence electrons. The lowest BCUT2D eigenvalue weighted by Crippen LogP contribution is -2.50. The monoisotopic (exact) mass is 420 g/mol. The van der Waals surface area contributed by atoms with Crippen molar-refractivity contribution < 1.29 is 14.3 Å². The molecule has 0 radical (unpaired) electrons. The topological polar surface area (TPSA) is 93.5 Å². The molecule has 1 aliphatic rings. The van der Waals surface area contributed by atoms with Gasteiger partial charge in [-0.1, -0.05) is 0 Å². The van der Waals surface area contributed by atoms with Crippen molar-refractivity contribution in [1.82, 2.24) is 24.6 Å². The molecule has 0 atom stereocenters. The quantitative estimate of drug-likeness (QED) is 0.562. The molecule has 0 aliphatic carbocycles. The van der Waals surface area contributed by atoms with Gasteiger partial charge in [0.2, 0.25) is 0 Å². The fourth-order valence-corrected chi connectivity index (χ4v) is 3.44. The first-order valence-electron chi connectivity index (χ1n) is 10.1. The van der Waals surface area contributed by atoms with E-state index in [-0.39, 0.29) is 18.3 Å². The van der Waals surface area contributed by atoms with E-state index in [0.29, 0.717) is 37.5 Å². The normalized spacial score (nSPS) is 13.9. The minimum Gasteiger partial charge on any atom is -0.484 e. The van der Waals surface area contributed by atoms with Crippen LogP contribution in [-0.2, 0) is 4.79 Å². The number of hydrogen-bond acceptors (Lipinski definition) is 7. The molecule has 9 heteroatoms. The molecule has 31 heavy (non-hydrogen) atoms. The Morgan fingerprint density at radius 3 is 2.23 bits per heavy atom. The van der Waals surface area contributed by atoms with Crippen LogP contribution in [0.5, 0.6) is 5.75 Å². The molecule has 4 rings (SSSR count). The Morgan fingerprint density at radius 2 is 1.65 bits per heavy atom. The van der Waals surface area contributed by atoms with E-state index in [0.717, 1.165) is 17.5 Å². The number of carbonyl (C=O) groups is 2. The summed E-state index contributed by atoms with van der Waals surface area (Å²) in [6.07, 6.45) is 3.58. The number of aromatic nitrogens is 4. The van der Waals surface area contributed by atoms with Gasteiger partial charge < -0.3 is 14.5 Å². The van der Waals surface area contributed by atoms with Gasteiger partial charge in [-0.3, -0.25) is 14.2 Å². The van der Waals surface area contributed by atoms with E-state index in [9.17, 15) is 9.59 Å². The predicted molar refractivity (Wildman–Crippen MR) is 115 cm³/mol. The molecule has 1 fully saturated rings. The summed E-state index contributed by atoms with van der Waals surface area (Å²) in [5.41, 5.74) is 0.617. The second kappa shape index (κ2) is 8.95. The van der Waals surface area contributed by atoms with Crippen LogP contribution in [0, 0.1) is 6.92 Å². The Hall–Kier alpha value is -3.75. The Balaban J connectivity index is 1.27. The van der Waals surface area contributed by atoms with Crippen LogP contribution in [0.2, 0.25) is 0 Å². The maximum absolute atomic E-state index is 12.5. The van der Waals surface area contributed by atoms with Crippen molar-refractivity contribution in [2.45, 2.75) is 13.8 Å². The van der Waals surface area contributed by atoms with Gasteiger partial charge in [-0.25, -0.2) is 4.98 Å². The number of benzene rings is 1. The van der Waals surface area contributed by atoms with Crippen LogP contribution in [-0.4, -0.2) is 69.1 Å². The van der Waals surface area contributed by atoms with Gasteiger partial charge in [0.1, 0.15) is 11.6 Å². The van der Waals surface area contributed by atoms with E-state index >= 15 is 0 Å². The van der Waals surface area contributed by atoms with Crippen LogP contribution in [0.1, 0.15) is 23.1 Å². The van der Waals surface area contributed by atoms with Crippen molar-refractivity contribution in [3.63, 3.8) is 0 Å². The summed E-state index contributed by atoms with van der Waals surface area (Å²) in [4.78, 5) is 31.9. The minimum absolute atomic E-state index is 0.00308. The van der Waals surface area contributed by atoms with Crippen LogP contribution >= 0.6 is 0 Å². The van der Waals surface area contributed by atoms with E-state index in [1.807, 2.05) is 29.8 Å². The molecule has 9 nitrogen and oxygen atoms in total. The predicted octanol–water partition coefficient (Wildman–Crippen LogP) is 1.90. The third kappa shape index (κ3) is 4.71. The lowest BCUT2D eigenvalue weighted by Gasteiger charge is -2.35. The van der Waals surface area contributed by atoms with Crippen molar-refractivity contribution in [2.24, 2.45) is 0 Å². The highest BCUT2D eigenvalue weighted by atomic mass is 16.5. The van der Waals surface area contributed by atoms with Gasteiger partial charge in [-0.2, -0.15) is 0 Å². The lowest BCUT2D eigenvalue weighted by molar-refractivity contribution is -0.133. The number of nitrogens with zero attached hydrogens (tertiary/aromatic N) is 6. The van der Waals surface area contributed by atoms with Gasteiger partial charge in [0.15, 0.2) is 24.0 Å². The number of carbonyl (C=O) groups excluding carboxylic acids is 2. The Morgan fingerprint density at radius 1 is 0.968 bits per heavy atom. The molecule has 1 amide bonds. The number of imidazole rings is 1. The fraction of sp³-hybridized carbons (Fsp3) is 0.318. The summed E-state index contributed by atoms with van der Waals surface area (Å²) in [6, 6.07) is 10.7. The first kappa shape index (κ1) is 20.5. The van der Waals surface area contributed by atoms with Crippen molar-refractivity contribution in [3.8, 4) is 11.6 Å². The first-order valence-corrected chi connectivity index (χ1v) is 10.1. The average Bonchev–Trinajstić information content (AvgIpc) is 3.24. The largest absolute Gasteiger partial charge is 0.484 e. The van der Waals surface area contributed by atoms with E-state index in [1.54, 1.807) is 35.4 Å². The number of anilines is 1. The highest BCUT2D eigenvalue weighted by Gasteiger charge is 2.22. The highest BCUT2D eigenvalue weighted by molar-refractivity contribution is 5.94.